The van der Waals surface area contributed by atoms with Crippen LogP contribution in [0.2, 0.25) is 5.02 Å². The van der Waals surface area contributed by atoms with Gasteiger partial charge in [-0.3, -0.25) is 0 Å². The first-order valence-corrected chi connectivity index (χ1v) is 7.30. The highest BCUT2D eigenvalue weighted by molar-refractivity contribution is 7.80. The van der Waals surface area contributed by atoms with Crippen LogP contribution < -0.4 is 11.1 Å². The van der Waals surface area contributed by atoms with Crippen LogP contribution in [-0.2, 0) is 6.42 Å². The topological polar surface area (TPSA) is 41.3 Å². The number of nitrogens with one attached hydrogen (secondary N) is 1. The molecule has 0 aromatic heterocycles. The van der Waals surface area contributed by atoms with Gasteiger partial charge in [0.05, 0.1) is 0 Å². The summed E-state index contributed by atoms with van der Waals surface area (Å²) in [5, 5.41) is 2.87. The molecular weight excluding hydrogens is 313 g/mol. The van der Waals surface area contributed by atoms with Crippen molar-refractivity contribution < 1.29 is 0 Å². The molecule has 6 heteroatoms. The first-order chi connectivity index (χ1) is 9.51. The Morgan fingerprint density at radius 1 is 1.35 bits per heavy atom. The fourth-order valence-corrected chi connectivity index (χ4v) is 2.76. The summed E-state index contributed by atoms with van der Waals surface area (Å²) < 4.78 is 0. The number of benzene rings is 1. The Balaban J connectivity index is 2.07. The van der Waals surface area contributed by atoms with E-state index >= 15 is 0 Å². The van der Waals surface area contributed by atoms with E-state index in [1.165, 1.54) is 0 Å². The Morgan fingerprint density at radius 2 is 2.10 bits per heavy atom. The monoisotopic (exact) mass is 327 g/mol. The smallest absolute Gasteiger partial charge is 0.210 e. The Labute approximate surface area is 134 Å². The minimum atomic E-state index is -0.929. The average Bonchev–Trinajstić information content (AvgIpc) is 2.38. The summed E-state index contributed by atoms with van der Waals surface area (Å²) >= 11 is 17.6. The van der Waals surface area contributed by atoms with Gasteiger partial charge in [-0.2, -0.15) is 0 Å². The Bertz CT molecular complexity index is 559. The molecule has 1 aliphatic rings. The van der Waals surface area contributed by atoms with Gasteiger partial charge in [0.1, 0.15) is 0 Å². The number of hydrogen-bond acceptors (Lipinski definition) is 2. The number of rotatable bonds is 4. The molecule has 1 heterocycles. The lowest BCUT2D eigenvalue weighted by atomic mass is 10.1. The third-order valence-corrected chi connectivity index (χ3v) is 3.90. The second-order valence-corrected chi connectivity index (χ2v) is 5.82. The van der Waals surface area contributed by atoms with Crippen LogP contribution >= 0.6 is 35.4 Å². The number of alkyl halides is 1. The largest absolute Gasteiger partial charge is 0.376 e. The lowest BCUT2D eigenvalue weighted by Crippen LogP contribution is -2.56. The molecule has 0 spiro atoms. The van der Waals surface area contributed by atoms with E-state index in [0.717, 1.165) is 17.0 Å². The predicted molar refractivity (Wildman–Crippen MR) is 88.6 cm³/mol. The molecule has 1 aromatic carbocycles. The van der Waals surface area contributed by atoms with Crippen LogP contribution in [0.1, 0.15) is 5.56 Å². The quantitative estimate of drug-likeness (QED) is 0.506. The van der Waals surface area contributed by atoms with E-state index < -0.39 is 5.12 Å². The fraction of sp³-hybridized carbons (Fsp3) is 0.214. The van der Waals surface area contributed by atoms with Gasteiger partial charge in [-0.25, -0.2) is 0 Å². The number of allylic oxidation sites excluding steroid dienone is 2. The number of nitrogens with two attached hydrogens (primary N) is 1. The van der Waals surface area contributed by atoms with Gasteiger partial charge in [-0.05, 0) is 42.4 Å². The van der Waals surface area contributed by atoms with Crippen molar-refractivity contribution in [2.75, 3.05) is 6.54 Å². The minimum Gasteiger partial charge on any atom is -0.376 e. The third-order valence-electron chi connectivity index (χ3n) is 2.99. The summed E-state index contributed by atoms with van der Waals surface area (Å²) in [7, 11) is 0. The van der Waals surface area contributed by atoms with Gasteiger partial charge in [-0.15, -0.1) is 0 Å². The maximum absolute atomic E-state index is 6.52. The molecule has 106 valence electrons. The van der Waals surface area contributed by atoms with Gasteiger partial charge in [0.25, 0.3) is 0 Å². The van der Waals surface area contributed by atoms with Gasteiger partial charge >= 0.3 is 0 Å². The molecule has 0 fully saturated rings. The van der Waals surface area contributed by atoms with Crippen LogP contribution in [0, 0.1) is 0 Å². The van der Waals surface area contributed by atoms with Gasteiger partial charge in [0.2, 0.25) is 5.12 Å². The molecule has 0 amide bonds. The third kappa shape index (κ3) is 3.66. The summed E-state index contributed by atoms with van der Waals surface area (Å²) in [5.41, 5.74) is 6.61. The predicted octanol–water partition coefficient (Wildman–Crippen LogP) is 2.99. The molecule has 1 atom stereocenters. The zero-order chi connectivity index (χ0) is 14.6. The van der Waals surface area contributed by atoms with Crippen molar-refractivity contribution in [2.45, 2.75) is 11.5 Å². The number of nitrogens with zero attached hydrogens (tertiary/aromatic N) is 1. The van der Waals surface area contributed by atoms with E-state index in [4.69, 9.17) is 41.2 Å². The van der Waals surface area contributed by atoms with Crippen LogP contribution in [0.15, 0.2) is 48.7 Å². The van der Waals surface area contributed by atoms with E-state index in [2.05, 4.69) is 5.32 Å². The lowest BCUT2D eigenvalue weighted by Gasteiger charge is -2.38. The van der Waals surface area contributed by atoms with Crippen molar-refractivity contribution in [3.8, 4) is 0 Å². The second kappa shape index (κ2) is 6.48. The SMILES string of the molecule is NC(=S)NC1(Cl)C=CC=CN1CCc1ccccc1Cl. The van der Waals surface area contributed by atoms with E-state index in [0.29, 0.717) is 6.54 Å². The number of hydrogen-bond donors (Lipinski definition) is 2. The zero-order valence-corrected chi connectivity index (χ0v) is 13.1. The first-order valence-electron chi connectivity index (χ1n) is 6.14. The molecule has 0 saturated carbocycles. The highest BCUT2D eigenvalue weighted by Gasteiger charge is 2.31. The summed E-state index contributed by atoms with van der Waals surface area (Å²) in [6.45, 7) is 0.684. The summed E-state index contributed by atoms with van der Waals surface area (Å²) in [5.74, 6) is 0. The van der Waals surface area contributed by atoms with Crippen LogP contribution in [0.4, 0.5) is 0 Å². The van der Waals surface area contributed by atoms with Gasteiger partial charge in [0.15, 0.2) is 5.11 Å². The van der Waals surface area contributed by atoms with Gasteiger partial charge < -0.3 is 16.0 Å². The van der Waals surface area contributed by atoms with Crippen LogP contribution in [-0.4, -0.2) is 21.7 Å². The highest BCUT2D eigenvalue weighted by atomic mass is 35.5. The van der Waals surface area contributed by atoms with Crippen LogP contribution in [0.5, 0.6) is 0 Å². The zero-order valence-electron chi connectivity index (χ0n) is 10.7. The summed E-state index contributed by atoms with van der Waals surface area (Å²) in [6, 6.07) is 7.76. The molecule has 1 unspecified atom stereocenters. The molecule has 1 aromatic rings. The lowest BCUT2D eigenvalue weighted by molar-refractivity contribution is 0.264. The first kappa shape index (κ1) is 15.2. The van der Waals surface area contributed by atoms with Crippen LogP contribution in [0.3, 0.4) is 0 Å². The number of halogens is 2. The Hall–Kier alpha value is -1.23. The molecule has 0 aliphatic carbocycles. The molecule has 20 heavy (non-hydrogen) atoms. The maximum atomic E-state index is 6.52. The van der Waals surface area contributed by atoms with E-state index in [1.807, 2.05) is 47.5 Å². The van der Waals surface area contributed by atoms with E-state index in [9.17, 15) is 0 Å². The minimum absolute atomic E-state index is 0.155. The van der Waals surface area contributed by atoms with Crippen molar-refractivity contribution in [2.24, 2.45) is 5.73 Å². The molecule has 0 saturated heterocycles. The Kier molecular flexibility index (Phi) is 4.91. The van der Waals surface area contributed by atoms with Crippen molar-refractivity contribution in [1.82, 2.24) is 10.2 Å². The van der Waals surface area contributed by atoms with Gasteiger partial charge in [0, 0.05) is 17.8 Å². The summed E-state index contributed by atoms with van der Waals surface area (Å²) in [4.78, 5) is 1.93. The van der Waals surface area contributed by atoms with Crippen molar-refractivity contribution >= 4 is 40.5 Å². The molecule has 3 N–H and O–H groups in total. The molecule has 2 rings (SSSR count). The second-order valence-electron chi connectivity index (χ2n) is 4.40. The fourth-order valence-electron chi connectivity index (χ4n) is 2.01. The molecular formula is C14H15Cl2N3S. The van der Waals surface area contributed by atoms with Crippen molar-refractivity contribution in [1.29, 1.82) is 0 Å². The van der Waals surface area contributed by atoms with Crippen molar-refractivity contribution in [3.05, 3.63) is 59.3 Å². The molecule has 0 radical (unpaired) electrons. The van der Waals surface area contributed by atoms with E-state index in [1.54, 1.807) is 6.08 Å². The van der Waals surface area contributed by atoms with Crippen LogP contribution in [0.25, 0.3) is 0 Å². The maximum Gasteiger partial charge on any atom is 0.210 e. The molecule has 1 aliphatic heterocycles. The average molecular weight is 328 g/mol. The number of thiocarbonyl (C=S) groups is 1. The van der Waals surface area contributed by atoms with E-state index in [-0.39, 0.29) is 5.11 Å². The summed E-state index contributed by atoms with van der Waals surface area (Å²) in [6.07, 6.45) is 8.24. The molecule has 3 nitrogen and oxygen atoms in total. The van der Waals surface area contributed by atoms with Crippen molar-refractivity contribution in [3.63, 3.8) is 0 Å². The standard InChI is InChI=1S/C14H15Cl2N3S/c15-12-6-2-1-5-11(12)7-10-19-9-4-3-8-14(19,16)18-13(17)20/h1-6,8-9H,7,10H2,(H3,17,18,20). The Morgan fingerprint density at radius 3 is 2.80 bits per heavy atom. The normalized spacial score (nSPS) is 21.0. The highest BCUT2D eigenvalue weighted by Crippen LogP contribution is 2.25. The molecule has 0 bridgehead atoms. The van der Waals surface area contributed by atoms with Gasteiger partial charge in [-0.1, -0.05) is 47.5 Å².